The minimum absolute atomic E-state index is 0.924. The Morgan fingerprint density at radius 1 is 1.43 bits per heavy atom. The molecule has 2 aliphatic rings. The molecule has 1 aromatic heterocycles. The highest BCUT2D eigenvalue weighted by Crippen LogP contribution is 2.46. The number of rotatable bonds is 2. The van der Waals surface area contributed by atoms with Crippen LogP contribution in [0.25, 0.3) is 5.57 Å². The molecule has 3 rings (SSSR count). The molecule has 0 radical (unpaired) electrons. The van der Waals surface area contributed by atoms with E-state index >= 15 is 0 Å². The van der Waals surface area contributed by atoms with Crippen molar-refractivity contribution in [3.8, 4) is 0 Å². The van der Waals surface area contributed by atoms with Crippen LogP contribution in [0.4, 0.5) is 0 Å². The van der Waals surface area contributed by atoms with Crippen molar-refractivity contribution >= 4 is 16.9 Å². The van der Waals surface area contributed by atoms with Crippen LogP contribution in [-0.4, -0.2) is 0 Å². The molecule has 74 valence electrons. The normalized spacial score (nSPS) is 20.5. The second kappa shape index (κ2) is 3.23. The SMILES string of the molecule is CCc1cc2c(s1)CCC=C2C1CC1. The maximum Gasteiger partial charge on any atom is 0.0126 e. The lowest BCUT2D eigenvalue weighted by atomic mass is 9.94. The molecule has 0 N–H and O–H groups in total. The van der Waals surface area contributed by atoms with Crippen LogP contribution in [0.1, 0.15) is 41.5 Å². The second-order valence-electron chi connectivity index (χ2n) is 4.38. The van der Waals surface area contributed by atoms with Gasteiger partial charge in [-0.25, -0.2) is 0 Å². The number of aryl methyl sites for hydroxylation is 2. The van der Waals surface area contributed by atoms with E-state index in [1.165, 1.54) is 32.1 Å². The fourth-order valence-corrected chi connectivity index (χ4v) is 3.48. The van der Waals surface area contributed by atoms with Gasteiger partial charge in [0.1, 0.15) is 0 Å². The molecule has 0 spiro atoms. The van der Waals surface area contributed by atoms with Gasteiger partial charge in [-0.3, -0.25) is 0 Å². The summed E-state index contributed by atoms with van der Waals surface area (Å²) in [7, 11) is 0. The molecule has 1 fully saturated rings. The van der Waals surface area contributed by atoms with Crippen molar-refractivity contribution in [2.45, 2.75) is 39.0 Å². The van der Waals surface area contributed by atoms with Gasteiger partial charge in [-0.2, -0.15) is 0 Å². The number of hydrogen-bond donors (Lipinski definition) is 0. The van der Waals surface area contributed by atoms with Crippen molar-refractivity contribution in [1.82, 2.24) is 0 Å². The topological polar surface area (TPSA) is 0 Å². The maximum atomic E-state index is 2.49. The van der Waals surface area contributed by atoms with Crippen LogP contribution in [0, 0.1) is 5.92 Å². The lowest BCUT2D eigenvalue weighted by Gasteiger charge is -2.12. The van der Waals surface area contributed by atoms with Crippen molar-refractivity contribution in [3.63, 3.8) is 0 Å². The molecule has 0 nitrogen and oxygen atoms in total. The van der Waals surface area contributed by atoms with Crippen LogP contribution in [0.3, 0.4) is 0 Å². The summed E-state index contributed by atoms with van der Waals surface area (Å²) in [5.74, 6) is 0.924. The summed E-state index contributed by atoms with van der Waals surface area (Å²) in [6.07, 6.45) is 9.13. The van der Waals surface area contributed by atoms with Gasteiger partial charge in [0.05, 0.1) is 0 Å². The van der Waals surface area contributed by atoms with E-state index in [2.05, 4.69) is 19.1 Å². The Morgan fingerprint density at radius 3 is 3.00 bits per heavy atom. The molecule has 0 amide bonds. The summed E-state index contributed by atoms with van der Waals surface area (Å²) in [6.45, 7) is 2.26. The van der Waals surface area contributed by atoms with Gasteiger partial charge in [-0.15, -0.1) is 11.3 Å². The quantitative estimate of drug-likeness (QED) is 0.681. The van der Waals surface area contributed by atoms with E-state index in [9.17, 15) is 0 Å². The number of fused-ring (bicyclic) bond motifs is 1. The standard InChI is InChI=1S/C13H16S/c1-2-10-8-12-11(9-6-7-9)4-3-5-13(12)14-10/h4,8-9H,2-3,5-7H2,1H3. The minimum atomic E-state index is 0.924. The number of hydrogen-bond acceptors (Lipinski definition) is 1. The molecule has 1 saturated carbocycles. The lowest BCUT2D eigenvalue weighted by molar-refractivity contribution is 0.974. The van der Waals surface area contributed by atoms with Gasteiger partial charge < -0.3 is 0 Å². The third-order valence-corrected chi connectivity index (χ3v) is 4.61. The molecule has 14 heavy (non-hydrogen) atoms. The van der Waals surface area contributed by atoms with Crippen molar-refractivity contribution in [2.75, 3.05) is 0 Å². The van der Waals surface area contributed by atoms with E-state index in [4.69, 9.17) is 0 Å². The highest BCUT2D eigenvalue weighted by molar-refractivity contribution is 7.12. The van der Waals surface area contributed by atoms with E-state index < -0.39 is 0 Å². The Hall–Kier alpha value is -0.560. The van der Waals surface area contributed by atoms with Crippen LogP contribution in [-0.2, 0) is 12.8 Å². The third-order valence-electron chi connectivity index (χ3n) is 3.27. The smallest absolute Gasteiger partial charge is 0.0126 e. The van der Waals surface area contributed by atoms with E-state index in [0.29, 0.717) is 0 Å². The summed E-state index contributed by atoms with van der Waals surface area (Å²) < 4.78 is 0. The highest BCUT2D eigenvalue weighted by atomic mass is 32.1. The Labute approximate surface area is 89.7 Å². The summed E-state index contributed by atoms with van der Waals surface area (Å²) in [6, 6.07) is 2.45. The molecule has 0 bridgehead atoms. The Kier molecular flexibility index (Phi) is 2.01. The largest absolute Gasteiger partial charge is 0.145 e. The third kappa shape index (κ3) is 1.35. The molecule has 1 heterocycles. The van der Waals surface area contributed by atoms with Crippen molar-refractivity contribution in [3.05, 3.63) is 27.5 Å². The van der Waals surface area contributed by atoms with Crippen molar-refractivity contribution in [1.29, 1.82) is 0 Å². The van der Waals surface area contributed by atoms with Gasteiger partial charge in [0.25, 0.3) is 0 Å². The molecule has 2 aliphatic carbocycles. The molecule has 0 aromatic carbocycles. The van der Waals surface area contributed by atoms with E-state index in [1.54, 1.807) is 20.9 Å². The first-order valence-corrected chi connectivity index (χ1v) is 6.52. The van der Waals surface area contributed by atoms with Crippen LogP contribution in [0.5, 0.6) is 0 Å². The van der Waals surface area contributed by atoms with Crippen LogP contribution in [0.15, 0.2) is 12.1 Å². The molecule has 0 unspecified atom stereocenters. The van der Waals surface area contributed by atoms with Gasteiger partial charge >= 0.3 is 0 Å². The Balaban J connectivity index is 2.02. The fraction of sp³-hybridized carbons (Fsp3) is 0.538. The van der Waals surface area contributed by atoms with E-state index in [-0.39, 0.29) is 0 Å². The molecule has 1 heteroatoms. The zero-order valence-electron chi connectivity index (χ0n) is 8.68. The molecule has 0 saturated heterocycles. The molecular formula is C13H16S. The zero-order valence-corrected chi connectivity index (χ0v) is 9.49. The van der Waals surface area contributed by atoms with E-state index in [0.717, 1.165) is 5.92 Å². The first kappa shape index (κ1) is 8.72. The van der Waals surface area contributed by atoms with Gasteiger partial charge in [0.15, 0.2) is 0 Å². The first-order valence-electron chi connectivity index (χ1n) is 5.70. The number of thiophene rings is 1. The van der Waals surface area contributed by atoms with Gasteiger partial charge in [0.2, 0.25) is 0 Å². The highest BCUT2D eigenvalue weighted by Gasteiger charge is 2.30. The maximum absolute atomic E-state index is 2.49. The van der Waals surface area contributed by atoms with Crippen LogP contribution < -0.4 is 0 Å². The Bertz CT molecular complexity index is 380. The summed E-state index contributed by atoms with van der Waals surface area (Å²) in [4.78, 5) is 3.23. The van der Waals surface area contributed by atoms with Gasteiger partial charge in [0, 0.05) is 9.75 Å². The molecule has 1 aromatic rings. The van der Waals surface area contributed by atoms with Crippen LogP contribution >= 0.6 is 11.3 Å². The second-order valence-corrected chi connectivity index (χ2v) is 5.60. The lowest BCUT2D eigenvalue weighted by Crippen LogP contribution is -1.96. The molecule has 0 atom stereocenters. The van der Waals surface area contributed by atoms with Gasteiger partial charge in [-0.05, 0) is 55.2 Å². The zero-order chi connectivity index (χ0) is 9.54. The average molecular weight is 204 g/mol. The molecular weight excluding hydrogens is 188 g/mol. The predicted octanol–water partition coefficient (Wildman–Crippen LogP) is 4.05. The Morgan fingerprint density at radius 2 is 2.29 bits per heavy atom. The van der Waals surface area contributed by atoms with Crippen molar-refractivity contribution < 1.29 is 0 Å². The predicted molar refractivity (Wildman–Crippen MR) is 62.7 cm³/mol. The fourth-order valence-electron chi connectivity index (χ4n) is 2.34. The summed E-state index contributed by atoms with van der Waals surface area (Å²) in [5, 5.41) is 0. The van der Waals surface area contributed by atoms with Crippen molar-refractivity contribution in [2.24, 2.45) is 5.92 Å². The number of allylic oxidation sites excluding steroid dienone is 2. The van der Waals surface area contributed by atoms with Gasteiger partial charge in [-0.1, -0.05) is 13.0 Å². The average Bonchev–Trinajstić information content (AvgIpc) is 2.96. The monoisotopic (exact) mass is 204 g/mol. The first-order chi connectivity index (χ1) is 6.88. The van der Waals surface area contributed by atoms with Crippen LogP contribution in [0.2, 0.25) is 0 Å². The summed E-state index contributed by atoms with van der Waals surface area (Å²) in [5.41, 5.74) is 3.29. The molecule has 0 aliphatic heterocycles. The summed E-state index contributed by atoms with van der Waals surface area (Å²) >= 11 is 2.04. The van der Waals surface area contributed by atoms with E-state index in [1.807, 2.05) is 11.3 Å². The minimum Gasteiger partial charge on any atom is -0.145 e.